The SMILES string of the molecule is COc1ccc(C(=O)/C=C/Nc2ccc(F)c(Cl)c2)cc1. The third-order valence-corrected chi connectivity index (χ3v) is 3.07. The van der Waals surface area contributed by atoms with Gasteiger partial charge in [0.2, 0.25) is 0 Å². The minimum atomic E-state index is -0.486. The lowest BCUT2D eigenvalue weighted by Crippen LogP contribution is -1.96. The number of carbonyl (C=O) groups is 1. The van der Waals surface area contributed by atoms with E-state index in [-0.39, 0.29) is 10.8 Å². The number of carbonyl (C=O) groups excluding carboxylic acids is 1. The van der Waals surface area contributed by atoms with Gasteiger partial charge < -0.3 is 10.1 Å². The molecule has 2 aromatic rings. The summed E-state index contributed by atoms with van der Waals surface area (Å²) in [5.74, 6) is 0.0495. The van der Waals surface area contributed by atoms with Crippen LogP contribution in [0.2, 0.25) is 5.02 Å². The number of halogens is 2. The molecule has 108 valence electrons. The van der Waals surface area contributed by atoms with Gasteiger partial charge in [-0.15, -0.1) is 0 Å². The first kappa shape index (κ1) is 15.1. The van der Waals surface area contributed by atoms with Crippen molar-refractivity contribution < 1.29 is 13.9 Å². The molecule has 0 amide bonds. The molecule has 0 atom stereocenters. The van der Waals surface area contributed by atoms with Crippen molar-refractivity contribution in [1.82, 2.24) is 0 Å². The molecule has 0 aromatic heterocycles. The van der Waals surface area contributed by atoms with Gasteiger partial charge in [-0.05, 0) is 42.5 Å². The highest BCUT2D eigenvalue weighted by Crippen LogP contribution is 2.19. The van der Waals surface area contributed by atoms with Gasteiger partial charge in [0.05, 0.1) is 12.1 Å². The van der Waals surface area contributed by atoms with Gasteiger partial charge in [0.15, 0.2) is 5.78 Å². The van der Waals surface area contributed by atoms with Gasteiger partial charge in [0, 0.05) is 23.5 Å². The number of hydrogen-bond donors (Lipinski definition) is 1. The van der Waals surface area contributed by atoms with Crippen LogP contribution in [0.3, 0.4) is 0 Å². The van der Waals surface area contributed by atoms with E-state index in [2.05, 4.69) is 5.32 Å². The van der Waals surface area contributed by atoms with E-state index >= 15 is 0 Å². The molecule has 0 aliphatic heterocycles. The van der Waals surface area contributed by atoms with Gasteiger partial charge in [-0.1, -0.05) is 11.6 Å². The van der Waals surface area contributed by atoms with Crippen molar-refractivity contribution in [2.75, 3.05) is 12.4 Å². The zero-order valence-corrected chi connectivity index (χ0v) is 12.0. The summed E-state index contributed by atoms with van der Waals surface area (Å²) in [4.78, 5) is 11.9. The Labute approximate surface area is 127 Å². The van der Waals surface area contributed by atoms with Gasteiger partial charge in [0.25, 0.3) is 0 Å². The topological polar surface area (TPSA) is 38.3 Å². The molecule has 2 aromatic carbocycles. The average molecular weight is 306 g/mol. The Morgan fingerprint density at radius 1 is 1.24 bits per heavy atom. The van der Waals surface area contributed by atoms with Crippen LogP contribution in [0, 0.1) is 5.82 Å². The second-order valence-electron chi connectivity index (χ2n) is 4.20. The Kier molecular flexibility index (Phi) is 4.95. The highest BCUT2D eigenvalue weighted by atomic mass is 35.5. The van der Waals surface area contributed by atoms with Crippen molar-refractivity contribution in [3.05, 3.63) is 71.1 Å². The fourth-order valence-electron chi connectivity index (χ4n) is 1.65. The van der Waals surface area contributed by atoms with Crippen molar-refractivity contribution in [2.24, 2.45) is 0 Å². The first-order chi connectivity index (χ1) is 10.1. The summed E-state index contributed by atoms with van der Waals surface area (Å²) in [5, 5.41) is 2.88. The Hall–Kier alpha value is -2.33. The molecule has 3 nitrogen and oxygen atoms in total. The summed E-state index contributed by atoms with van der Waals surface area (Å²) in [6, 6.07) is 11.0. The lowest BCUT2D eigenvalue weighted by molar-refractivity contribution is 0.104. The second kappa shape index (κ2) is 6.90. The molecule has 0 saturated heterocycles. The molecule has 0 saturated carbocycles. The lowest BCUT2D eigenvalue weighted by Gasteiger charge is -2.02. The zero-order valence-electron chi connectivity index (χ0n) is 11.3. The molecule has 0 fully saturated rings. The predicted molar refractivity (Wildman–Crippen MR) is 81.5 cm³/mol. The summed E-state index contributed by atoms with van der Waals surface area (Å²) >= 11 is 5.66. The second-order valence-corrected chi connectivity index (χ2v) is 4.61. The van der Waals surface area contributed by atoms with Crippen LogP contribution in [0.15, 0.2) is 54.7 Å². The summed E-state index contributed by atoms with van der Waals surface area (Å²) in [7, 11) is 1.56. The van der Waals surface area contributed by atoms with Crippen LogP contribution in [0.5, 0.6) is 5.75 Å². The van der Waals surface area contributed by atoms with Crippen LogP contribution in [-0.2, 0) is 0 Å². The van der Waals surface area contributed by atoms with E-state index < -0.39 is 5.82 Å². The maximum absolute atomic E-state index is 13.0. The summed E-state index contributed by atoms with van der Waals surface area (Å²) in [5.41, 5.74) is 1.14. The van der Waals surface area contributed by atoms with Gasteiger partial charge in [0.1, 0.15) is 11.6 Å². The van der Waals surface area contributed by atoms with E-state index in [4.69, 9.17) is 16.3 Å². The average Bonchev–Trinajstić information content (AvgIpc) is 2.51. The minimum absolute atomic E-state index is 0.0230. The van der Waals surface area contributed by atoms with Gasteiger partial charge in [-0.25, -0.2) is 4.39 Å². The van der Waals surface area contributed by atoms with Crippen molar-refractivity contribution in [3.63, 3.8) is 0 Å². The third-order valence-electron chi connectivity index (χ3n) is 2.78. The number of methoxy groups -OCH3 is 1. The van der Waals surface area contributed by atoms with E-state index in [9.17, 15) is 9.18 Å². The molecule has 0 spiro atoms. The molecule has 0 bridgehead atoms. The Bertz CT molecular complexity index is 668. The van der Waals surface area contributed by atoms with Crippen molar-refractivity contribution in [2.45, 2.75) is 0 Å². The third kappa shape index (κ3) is 4.07. The smallest absolute Gasteiger partial charge is 0.187 e. The van der Waals surface area contributed by atoms with Gasteiger partial charge >= 0.3 is 0 Å². The van der Waals surface area contributed by atoms with E-state index in [1.165, 1.54) is 30.5 Å². The minimum Gasteiger partial charge on any atom is -0.497 e. The maximum atomic E-state index is 13.0. The van der Waals surface area contributed by atoms with E-state index in [1.807, 2.05) is 0 Å². The molecule has 2 rings (SSSR count). The molecule has 0 heterocycles. The number of rotatable bonds is 5. The molecular formula is C16H13ClFNO2. The molecular weight excluding hydrogens is 293 g/mol. The van der Waals surface area contributed by atoms with Crippen molar-refractivity contribution >= 4 is 23.1 Å². The first-order valence-electron chi connectivity index (χ1n) is 6.16. The van der Waals surface area contributed by atoms with Crippen LogP contribution in [0.25, 0.3) is 0 Å². The van der Waals surface area contributed by atoms with Crippen LogP contribution in [-0.4, -0.2) is 12.9 Å². The monoisotopic (exact) mass is 305 g/mol. The summed E-state index contributed by atoms with van der Waals surface area (Å²) < 4.78 is 18.0. The van der Waals surface area contributed by atoms with Crippen LogP contribution in [0.1, 0.15) is 10.4 Å². The largest absolute Gasteiger partial charge is 0.497 e. The zero-order chi connectivity index (χ0) is 15.2. The molecule has 0 unspecified atom stereocenters. The lowest BCUT2D eigenvalue weighted by atomic mass is 10.1. The Morgan fingerprint density at radius 2 is 1.95 bits per heavy atom. The first-order valence-corrected chi connectivity index (χ1v) is 6.54. The fourth-order valence-corrected chi connectivity index (χ4v) is 1.83. The quantitative estimate of drug-likeness (QED) is 0.661. The van der Waals surface area contributed by atoms with Crippen LogP contribution < -0.4 is 10.1 Å². The number of ketones is 1. The standard InChI is InChI=1S/C16H13ClFNO2/c1-21-13-5-2-11(3-6-13)16(20)8-9-19-12-4-7-15(18)14(17)10-12/h2-10,19H,1H3/b9-8+. The van der Waals surface area contributed by atoms with Crippen LogP contribution >= 0.6 is 11.6 Å². The number of hydrogen-bond acceptors (Lipinski definition) is 3. The van der Waals surface area contributed by atoms with Crippen molar-refractivity contribution in [1.29, 1.82) is 0 Å². The molecule has 0 radical (unpaired) electrons. The number of anilines is 1. The molecule has 5 heteroatoms. The number of benzene rings is 2. The predicted octanol–water partition coefficient (Wildman–Crippen LogP) is 4.30. The summed E-state index contributed by atoms with van der Waals surface area (Å²) in [6.07, 6.45) is 2.87. The fraction of sp³-hybridized carbons (Fsp3) is 0.0625. The molecule has 21 heavy (non-hydrogen) atoms. The van der Waals surface area contributed by atoms with Gasteiger partial charge in [-0.2, -0.15) is 0 Å². The van der Waals surface area contributed by atoms with E-state index in [1.54, 1.807) is 31.4 Å². The summed E-state index contributed by atoms with van der Waals surface area (Å²) in [6.45, 7) is 0. The van der Waals surface area contributed by atoms with Crippen LogP contribution in [0.4, 0.5) is 10.1 Å². The van der Waals surface area contributed by atoms with Gasteiger partial charge in [-0.3, -0.25) is 4.79 Å². The van der Waals surface area contributed by atoms with E-state index in [0.29, 0.717) is 17.0 Å². The maximum Gasteiger partial charge on any atom is 0.187 e. The number of nitrogens with one attached hydrogen (secondary N) is 1. The highest BCUT2D eigenvalue weighted by molar-refractivity contribution is 6.31. The molecule has 1 N–H and O–H groups in total. The number of allylic oxidation sites excluding steroid dienone is 1. The Morgan fingerprint density at radius 3 is 2.57 bits per heavy atom. The number of ether oxygens (including phenoxy) is 1. The van der Waals surface area contributed by atoms with Crippen molar-refractivity contribution in [3.8, 4) is 5.75 Å². The molecule has 0 aliphatic rings. The van der Waals surface area contributed by atoms with E-state index in [0.717, 1.165) is 0 Å². The molecule has 0 aliphatic carbocycles. The highest BCUT2D eigenvalue weighted by Gasteiger charge is 2.02. The normalized spacial score (nSPS) is 10.6. The Balaban J connectivity index is 1.99.